The van der Waals surface area contributed by atoms with Gasteiger partial charge in [0.15, 0.2) is 5.81 Å². The molecule has 2 aromatic rings. The van der Waals surface area contributed by atoms with Crippen LogP contribution in [-0.4, -0.2) is 77.5 Å². The van der Waals surface area contributed by atoms with Gasteiger partial charge in [-0.2, -0.15) is 4.72 Å². The Kier molecular flexibility index (Phi) is 9.77. The van der Waals surface area contributed by atoms with E-state index in [1.54, 1.807) is 6.07 Å². The largest absolute Gasteiger partial charge is 0.554 e. The van der Waals surface area contributed by atoms with E-state index >= 15 is 0 Å². The van der Waals surface area contributed by atoms with E-state index < -0.39 is 40.2 Å². The number of amides is 2. The van der Waals surface area contributed by atoms with Gasteiger partial charge in [-0.1, -0.05) is 6.07 Å². The number of aliphatic carboxylic acids is 1. The Hall–Kier alpha value is -3.56. The molecule has 2 heterocycles. The molecule has 0 aliphatic carbocycles. The summed E-state index contributed by atoms with van der Waals surface area (Å²) >= 11 is 0. The molecule has 0 saturated carbocycles. The smallest absolute Gasteiger partial charge is 0.480 e. The molecule has 7 N–H and O–H groups in total. The number of carbonyl (C=O) groups is 3. The summed E-state index contributed by atoms with van der Waals surface area (Å²) in [6.45, 7) is 3.27. The average molecular weight is 539 g/mol. The molecular weight excluding hydrogens is 513 g/mol. The third-order valence-electron chi connectivity index (χ3n) is 5.50. The number of anilines is 1. The molecule has 1 unspecified atom stereocenters. The number of carboxylic acids is 1. The fraction of sp³-hybridized carbons (Fsp3) is 0.333. The predicted molar refractivity (Wildman–Crippen MR) is 142 cm³/mol. The molecule has 1 aromatic heterocycles. The van der Waals surface area contributed by atoms with Crippen LogP contribution in [0.2, 0.25) is 0 Å². The zero-order valence-electron chi connectivity index (χ0n) is 20.8. The first-order valence-electron chi connectivity index (χ1n) is 11.6. The second-order valence-corrected chi connectivity index (χ2v) is 10.1. The molecule has 1 aliphatic heterocycles. The summed E-state index contributed by atoms with van der Waals surface area (Å²) in [6.07, 6.45) is 1.88. The minimum absolute atomic E-state index is 0.153. The van der Waals surface area contributed by atoms with Crippen LogP contribution in [0.1, 0.15) is 23.1 Å². The van der Waals surface area contributed by atoms with Gasteiger partial charge in [0, 0.05) is 18.7 Å². The van der Waals surface area contributed by atoms with Crippen LogP contribution in [0.5, 0.6) is 5.75 Å². The monoisotopic (exact) mass is 539 g/mol. The van der Waals surface area contributed by atoms with Crippen LogP contribution in [0, 0.1) is 13.8 Å². The molecular formula is C21H26B3N6O7S. The number of rotatable bonds is 12. The number of hydrogen-bond donors (Lipinski definition) is 6. The zero-order chi connectivity index (χ0) is 27.9. The number of aryl methyl sites for hydroxylation is 3. The van der Waals surface area contributed by atoms with Crippen LogP contribution in [-0.2, 0) is 21.2 Å². The molecule has 2 amide bonds. The number of nitrogens with two attached hydrogens (primary N) is 1. The maximum atomic E-state index is 13.1. The lowest BCUT2D eigenvalue weighted by Gasteiger charge is -2.19. The van der Waals surface area contributed by atoms with Crippen LogP contribution in [0.15, 0.2) is 29.2 Å². The van der Waals surface area contributed by atoms with E-state index in [1.807, 2.05) is 6.07 Å². The first-order chi connectivity index (χ1) is 18.0. The van der Waals surface area contributed by atoms with Gasteiger partial charge in [0.2, 0.25) is 15.8 Å². The van der Waals surface area contributed by atoms with E-state index in [-0.39, 0.29) is 21.8 Å². The first kappa shape index (κ1) is 29.0. The number of nitrogens with one attached hydrogen (secondary N) is 4. The maximum Gasteiger partial charge on any atom is 0.480 e. The van der Waals surface area contributed by atoms with Crippen LogP contribution < -0.4 is 36.5 Å². The van der Waals surface area contributed by atoms with Gasteiger partial charge in [0.1, 0.15) is 11.9 Å². The third kappa shape index (κ3) is 7.72. The molecule has 0 saturated heterocycles. The molecule has 0 spiro atoms. The van der Waals surface area contributed by atoms with Crippen molar-refractivity contribution in [2.75, 3.05) is 18.4 Å². The lowest BCUT2D eigenvalue weighted by molar-refractivity contribution is -0.138. The van der Waals surface area contributed by atoms with Crippen LogP contribution in [0.3, 0.4) is 0 Å². The van der Waals surface area contributed by atoms with Crippen molar-refractivity contribution in [1.29, 1.82) is 0 Å². The van der Waals surface area contributed by atoms with E-state index in [1.165, 1.54) is 33.3 Å². The third-order valence-corrected chi connectivity index (χ3v) is 7.28. The van der Waals surface area contributed by atoms with E-state index in [4.69, 9.17) is 10.3 Å². The standard InChI is InChI=1S/C21H26B3N6O7S/c1-11-8-14(37-23-21(34)29-24-25)9-12(2)17(11)38(35,36)30-15(19(31)32)10-27-20(33)22-16-6-5-13-4-3-7-26-18(13)28-16/h5-6,8-9,15,30H,3-4,7,10,25H2,1-2H3,(H,26,28)(H,27,33)(H,29,34)(H,31,32). The highest BCUT2D eigenvalue weighted by atomic mass is 32.2. The summed E-state index contributed by atoms with van der Waals surface area (Å²) in [7, 11) is -1.32. The Labute approximate surface area is 222 Å². The number of fused-ring (bicyclic) bond motifs is 1. The number of sulfonamides is 1. The van der Waals surface area contributed by atoms with Crippen molar-refractivity contribution in [1.82, 2.24) is 20.3 Å². The first-order valence-corrected chi connectivity index (χ1v) is 13.0. The SMILES string of the molecule is Cc1cc(O[B]C(=O)N[B]N)cc(C)c1S(=O)(=O)NC(CNC(=O)[B]c1ccc2c(n1)NCCC2)C(=O)O. The van der Waals surface area contributed by atoms with E-state index in [9.17, 15) is 27.9 Å². The topological polar surface area (TPSA) is 202 Å². The summed E-state index contributed by atoms with van der Waals surface area (Å²) in [5.74, 6) is -1.83. The molecule has 0 fully saturated rings. The molecule has 0 bridgehead atoms. The van der Waals surface area contributed by atoms with Crippen molar-refractivity contribution in [3.8, 4) is 5.75 Å². The van der Waals surface area contributed by atoms with Crippen LogP contribution in [0.4, 0.5) is 15.4 Å². The number of hydrogen-bond acceptors (Lipinski definition) is 9. The summed E-state index contributed by atoms with van der Waals surface area (Å²) in [4.78, 5) is 39.9. The van der Waals surface area contributed by atoms with Gasteiger partial charge in [0.05, 0.1) is 10.6 Å². The lowest BCUT2D eigenvalue weighted by Crippen LogP contribution is -2.49. The van der Waals surface area contributed by atoms with Gasteiger partial charge in [0.25, 0.3) is 7.28 Å². The number of aromatic nitrogens is 1. The fourth-order valence-electron chi connectivity index (χ4n) is 3.88. The van der Waals surface area contributed by atoms with Crippen molar-refractivity contribution in [3.05, 3.63) is 41.0 Å². The Morgan fingerprint density at radius 2 is 1.92 bits per heavy atom. The van der Waals surface area contributed by atoms with Crippen molar-refractivity contribution >= 4 is 61.3 Å². The number of carboxylic acid groups (broad SMARTS) is 1. The summed E-state index contributed by atoms with van der Waals surface area (Å²) in [5, 5.41) is 17.3. The van der Waals surface area contributed by atoms with Gasteiger partial charge >= 0.3 is 21.0 Å². The molecule has 3 rings (SSSR count). The van der Waals surface area contributed by atoms with Crippen molar-refractivity contribution in [2.45, 2.75) is 37.6 Å². The van der Waals surface area contributed by atoms with Crippen molar-refractivity contribution < 1.29 is 32.6 Å². The quantitative estimate of drug-likeness (QED) is 0.177. The van der Waals surface area contributed by atoms with E-state index in [0.717, 1.165) is 40.0 Å². The Morgan fingerprint density at radius 1 is 1.21 bits per heavy atom. The summed E-state index contributed by atoms with van der Waals surface area (Å²) in [6, 6.07) is 4.67. The molecule has 197 valence electrons. The number of carbonyl (C=O) groups excluding carboxylic acids is 2. The van der Waals surface area contributed by atoms with Gasteiger partial charge in [-0.15, -0.1) is 0 Å². The minimum Gasteiger partial charge on any atom is -0.554 e. The molecule has 38 heavy (non-hydrogen) atoms. The second kappa shape index (κ2) is 12.8. The fourth-order valence-corrected chi connectivity index (χ4v) is 5.52. The van der Waals surface area contributed by atoms with E-state index in [0.29, 0.717) is 11.4 Å². The normalized spacial score (nSPS) is 13.2. The van der Waals surface area contributed by atoms with E-state index in [2.05, 4.69) is 25.6 Å². The number of benzene rings is 1. The molecule has 1 atom stereocenters. The predicted octanol–water partition coefficient (Wildman–Crippen LogP) is -1.27. The van der Waals surface area contributed by atoms with Crippen molar-refractivity contribution in [3.63, 3.8) is 0 Å². The summed E-state index contributed by atoms with van der Waals surface area (Å²) in [5.41, 5.74) is 7.02. The number of pyridine rings is 1. The highest BCUT2D eigenvalue weighted by Crippen LogP contribution is 2.26. The van der Waals surface area contributed by atoms with Gasteiger partial charge in [-0.3, -0.25) is 14.4 Å². The van der Waals surface area contributed by atoms with Crippen LogP contribution in [0.25, 0.3) is 0 Å². The summed E-state index contributed by atoms with van der Waals surface area (Å²) < 4.78 is 33.5. The maximum absolute atomic E-state index is 13.1. The molecule has 13 nitrogen and oxygen atoms in total. The zero-order valence-corrected chi connectivity index (χ0v) is 21.6. The lowest BCUT2D eigenvalue weighted by atomic mass is 9.72. The highest BCUT2D eigenvalue weighted by molar-refractivity contribution is 7.89. The Bertz CT molecular complexity index is 1310. The molecule has 1 aromatic carbocycles. The van der Waals surface area contributed by atoms with Gasteiger partial charge in [-0.05, 0) is 61.6 Å². The number of nitrogens with zero attached hydrogens (tertiary/aromatic N) is 1. The van der Waals surface area contributed by atoms with Crippen molar-refractivity contribution in [2.24, 2.45) is 5.64 Å². The highest BCUT2D eigenvalue weighted by Gasteiger charge is 2.29. The molecule has 1 aliphatic rings. The Balaban J connectivity index is 1.64. The van der Waals surface area contributed by atoms with Crippen LogP contribution >= 0.6 is 0 Å². The van der Waals surface area contributed by atoms with Gasteiger partial charge in [-0.25, -0.2) is 13.4 Å². The molecule has 17 heteroatoms. The van der Waals surface area contributed by atoms with Gasteiger partial charge < -0.3 is 31.3 Å². The average Bonchev–Trinajstić information content (AvgIpc) is 2.84. The molecule has 3 radical (unpaired) electrons. The minimum atomic E-state index is -4.32. The second-order valence-electron chi connectivity index (χ2n) is 8.47. The Morgan fingerprint density at radius 3 is 2.58 bits per heavy atom.